The van der Waals surface area contributed by atoms with Gasteiger partial charge in [-0.3, -0.25) is 9.79 Å². The molecule has 0 aromatic heterocycles. The summed E-state index contributed by atoms with van der Waals surface area (Å²) in [6, 6.07) is 0. The van der Waals surface area contributed by atoms with Crippen molar-refractivity contribution in [3.05, 3.63) is 0 Å². The molecule has 0 radical (unpaired) electrons. The van der Waals surface area contributed by atoms with Gasteiger partial charge < -0.3 is 19.7 Å². The molecule has 6 nitrogen and oxygen atoms in total. The van der Waals surface area contributed by atoms with Crippen molar-refractivity contribution in [1.29, 1.82) is 0 Å². The van der Waals surface area contributed by atoms with Gasteiger partial charge in [0.15, 0.2) is 5.96 Å². The van der Waals surface area contributed by atoms with E-state index in [1.807, 2.05) is 0 Å². The van der Waals surface area contributed by atoms with Crippen molar-refractivity contribution in [2.75, 3.05) is 46.5 Å². The number of nitrogens with zero attached hydrogens (tertiary/aromatic N) is 2. The Morgan fingerprint density at radius 2 is 2.00 bits per heavy atom. The van der Waals surface area contributed by atoms with E-state index >= 15 is 0 Å². The summed E-state index contributed by atoms with van der Waals surface area (Å²) in [5.74, 6) is 1.04. The minimum absolute atomic E-state index is 0.0674. The third-order valence-electron chi connectivity index (χ3n) is 5.96. The van der Waals surface area contributed by atoms with E-state index in [2.05, 4.69) is 31.0 Å². The fraction of sp³-hybridized carbons (Fsp3) is 0.900. The zero-order chi connectivity index (χ0) is 19.0. The zero-order valence-corrected chi connectivity index (χ0v) is 17.1. The lowest BCUT2D eigenvalue weighted by molar-refractivity contribution is -0.145. The first-order valence-electron chi connectivity index (χ1n) is 10.2. The monoisotopic (exact) mass is 367 g/mol. The fourth-order valence-electron chi connectivity index (χ4n) is 4.31. The molecule has 1 heterocycles. The largest absolute Gasteiger partial charge is 0.469 e. The van der Waals surface area contributed by atoms with Gasteiger partial charge in [-0.15, -0.1) is 0 Å². The van der Waals surface area contributed by atoms with E-state index in [1.54, 1.807) is 0 Å². The maximum absolute atomic E-state index is 12.0. The molecular weight excluding hydrogens is 330 g/mol. The van der Waals surface area contributed by atoms with Crippen LogP contribution in [0.4, 0.5) is 0 Å². The van der Waals surface area contributed by atoms with Gasteiger partial charge in [-0.05, 0) is 44.4 Å². The van der Waals surface area contributed by atoms with Crippen LogP contribution < -0.4 is 5.32 Å². The fourth-order valence-corrected chi connectivity index (χ4v) is 4.31. The molecule has 0 amide bonds. The van der Waals surface area contributed by atoms with Crippen LogP contribution in [0.25, 0.3) is 0 Å². The Hall–Kier alpha value is -1.30. The van der Waals surface area contributed by atoms with Gasteiger partial charge in [-0.2, -0.15) is 0 Å². The molecule has 0 bridgehead atoms. The van der Waals surface area contributed by atoms with Gasteiger partial charge in [0.1, 0.15) is 0 Å². The lowest BCUT2D eigenvalue weighted by atomic mass is 9.83. The number of hydrogen-bond donors (Lipinski definition) is 1. The van der Waals surface area contributed by atoms with Gasteiger partial charge in [0.05, 0.1) is 13.0 Å². The first-order chi connectivity index (χ1) is 12.5. The molecule has 2 unspecified atom stereocenters. The highest BCUT2D eigenvalue weighted by Crippen LogP contribution is 2.41. The summed E-state index contributed by atoms with van der Waals surface area (Å²) in [6.07, 6.45) is 6.16. The van der Waals surface area contributed by atoms with Crippen molar-refractivity contribution in [2.24, 2.45) is 22.2 Å². The second-order valence-electron chi connectivity index (χ2n) is 7.84. The highest BCUT2D eigenvalue weighted by Gasteiger charge is 2.38. The minimum atomic E-state index is -0.111. The number of carbonyl (C=O) groups is 1. The maximum atomic E-state index is 12.0. The molecular formula is C20H37N3O3. The van der Waals surface area contributed by atoms with Crippen molar-refractivity contribution in [2.45, 2.75) is 52.9 Å². The summed E-state index contributed by atoms with van der Waals surface area (Å²) in [4.78, 5) is 19.2. The first-order valence-corrected chi connectivity index (χ1v) is 10.2. The normalized spacial score (nSPS) is 25.5. The maximum Gasteiger partial charge on any atom is 0.310 e. The second kappa shape index (κ2) is 10.1. The van der Waals surface area contributed by atoms with E-state index in [4.69, 9.17) is 14.5 Å². The van der Waals surface area contributed by atoms with E-state index in [0.29, 0.717) is 6.54 Å². The van der Waals surface area contributed by atoms with Crippen molar-refractivity contribution in [3.63, 3.8) is 0 Å². The number of carbonyl (C=O) groups excluding carboxylic acids is 1. The Labute approximate surface area is 158 Å². The lowest BCUT2D eigenvalue weighted by Crippen LogP contribution is -2.41. The third kappa shape index (κ3) is 5.35. The molecule has 1 saturated carbocycles. The summed E-state index contributed by atoms with van der Waals surface area (Å²) in [6.45, 7) is 11.1. The standard InChI is InChI=1S/C20H37N3O3/c1-5-21-19(23-13-16(3)17(14-23)18(24)25-4)22-15-20(9-7-8-10-20)11-12-26-6-2/h16-17H,5-15H2,1-4H3,(H,21,22). The molecule has 1 aliphatic heterocycles. The topological polar surface area (TPSA) is 63.2 Å². The summed E-state index contributed by atoms with van der Waals surface area (Å²) >= 11 is 0. The number of nitrogens with one attached hydrogen (secondary N) is 1. The van der Waals surface area contributed by atoms with Crippen LogP contribution >= 0.6 is 0 Å². The molecule has 150 valence electrons. The van der Waals surface area contributed by atoms with E-state index < -0.39 is 0 Å². The number of likely N-dealkylation sites (tertiary alicyclic amines) is 1. The summed E-state index contributed by atoms with van der Waals surface area (Å²) in [5, 5.41) is 3.42. The van der Waals surface area contributed by atoms with Crippen LogP contribution in [0.1, 0.15) is 52.9 Å². The smallest absolute Gasteiger partial charge is 0.310 e. The first kappa shape index (κ1) is 21.0. The number of ether oxygens (including phenoxy) is 2. The molecule has 1 N–H and O–H groups in total. The Kier molecular flexibility index (Phi) is 8.19. The van der Waals surface area contributed by atoms with Crippen LogP contribution in [0.15, 0.2) is 4.99 Å². The molecule has 6 heteroatoms. The summed E-state index contributed by atoms with van der Waals surface area (Å²) < 4.78 is 10.6. The quantitative estimate of drug-likeness (QED) is 0.309. The van der Waals surface area contributed by atoms with Gasteiger partial charge in [-0.1, -0.05) is 19.8 Å². The van der Waals surface area contributed by atoms with Crippen molar-refractivity contribution < 1.29 is 14.3 Å². The van der Waals surface area contributed by atoms with Crippen molar-refractivity contribution >= 4 is 11.9 Å². The van der Waals surface area contributed by atoms with E-state index in [1.165, 1.54) is 32.8 Å². The molecule has 0 aromatic rings. The molecule has 1 aliphatic carbocycles. The predicted octanol–water partition coefficient (Wildman–Crippen LogP) is 2.68. The van der Waals surface area contributed by atoms with Crippen LogP contribution in [-0.4, -0.2) is 63.3 Å². The van der Waals surface area contributed by atoms with Gasteiger partial charge in [0.2, 0.25) is 0 Å². The van der Waals surface area contributed by atoms with Crippen LogP contribution in [0, 0.1) is 17.3 Å². The van der Waals surface area contributed by atoms with Gasteiger partial charge in [0, 0.05) is 39.4 Å². The Balaban J connectivity index is 2.04. The Morgan fingerprint density at radius 1 is 1.27 bits per heavy atom. The number of methoxy groups -OCH3 is 1. The average Bonchev–Trinajstić information content (AvgIpc) is 3.25. The van der Waals surface area contributed by atoms with Crippen LogP contribution in [-0.2, 0) is 14.3 Å². The molecule has 2 aliphatic rings. The molecule has 2 fully saturated rings. The summed E-state index contributed by atoms with van der Waals surface area (Å²) in [5.41, 5.74) is 0.281. The molecule has 0 spiro atoms. The highest BCUT2D eigenvalue weighted by atomic mass is 16.5. The van der Waals surface area contributed by atoms with Gasteiger partial charge >= 0.3 is 5.97 Å². The molecule has 1 saturated heterocycles. The Morgan fingerprint density at radius 3 is 2.62 bits per heavy atom. The average molecular weight is 368 g/mol. The van der Waals surface area contributed by atoms with Gasteiger partial charge in [0.25, 0.3) is 0 Å². The zero-order valence-electron chi connectivity index (χ0n) is 17.1. The number of esters is 1. The molecule has 26 heavy (non-hydrogen) atoms. The lowest BCUT2D eigenvalue weighted by Gasteiger charge is -2.29. The molecule has 0 aromatic carbocycles. The number of hydrogen-bond acceptors (Lipinski definition) is 4. The minimum Gasteiger partial charge on any atom is -0.469 e. The number of guanidine groups is 1. The van der Waals surface area contributed by atoms with Crippen LogP contribution in [0.2, 0.25) is 0 Å². The molecule has 2 rings (SSSR count). The second-order valence-corrected chi connectivity index (χ2v) is 7.84. The SMILES string of the molecule is CCNC(=NCC1(CCOCC)CCCC1)N1CC(C)C(C(=O)OC)C1. The highest BCUT2D eigenvalue weighted by molar-refractivity contribution is 5.82. The van der Waals surface area contributed by atoms with E-state index in [0.717, 1.165) is 45.2 Å². The number of rotatable bonds is 8. The van der Waals surface area contributed by atoms with Crippen molar-refractivity contribution in [1.82, 2.24) is 10.2 Å². The van der Waals surface area contributed by atoms with Gasteiger partial charge in [-0.25, -0.2) is 0 Å². The molecule has 2 atom stereocenters. The van der Waals surface area contributed by atoms with Crippen molar-refractivity contribution in [3.8, 4) is 0 Å². The predicted molar refractivity (Wildman–Crippen MR) is 104 cm³/mol. The third-order valence-corrected chi connectivity index (χ3v) is 5.96. The van der Waals surface area contributed by atoms with Crippen LogP contribution in [0.5, 0.6) is 0 Å². The Bertz CT molecular complexity index is 475. The summed E-state index contributed by atoms with van der Waals surface area (Å²) in [7, 11) is 1.47. The van der Waals surface area contributed by atoms with E-state index in [-0.39, 0.29) is 23.2 Å². The van der Waals surface area contributed by atoms with Crippen LogP contribution in [0.3, 0.4) is 0 Å². The van der Waals surface area contributed by atoms with E-state index in [9.17, 15) is 4.79 Å². The number of aliphatic imine (C=N–C) groups is 1.